The SMILES string of the molecule is C=COCCONC(=O)c1ccc(F)c(F)c1Nc1ccc(I)cc1Cl. The molecule has 0 aliphatic rings. The van der Waals surface area contributed by atoms with Gasteiger partial charge in [-0.05, 0) is 52.9 Å². The minimum atomic E-state index is -1.21. The molecule has 1 amide bonds. The molecular formula is C17H14ClF2IN2O3. The van der Waals surface area contributed by atoms with Crippen molar-refractivity contribution >= 4 is 51.5 Å². The van der Waals surface area contributed by atoms with Crippen molar-refractivity contribution in [1.82, 2.24) is 5.48 Å². The number of hydroxylamine groups is 1. The van der Waals surface area contributed by atoms with Crippen molar-refractivity contribution in [2.24, 2.45) is 0 Å². The summed E-state index contributed by atoms with van der Waals surface area (Å²) in [5, 5.41) is 2.96. The maximum Gasteiger partial charge on any atom is 0.277 e. The van der Waals surface area contributed by atoms with E-state index in [9.17, 15) is 13.6 Å². The van der Waals surface area contributed by atoms with Gasteiger partial charge in [0, 0.05) is 3.57 Å². The average Bonchev–Trinajstić information content (AvgIpc) is 2.60. The van der Waals surface area contributed by atoms with Crippen molar-refractivity contribution in [1.29, 1.82) is 0 Å². The lowest BCUT2D eigenvalue weighted by Gasteiger charge is -2.15. The van der Waals surface area contributed by atoms with Gasteiger partial charge in [-0.1, -0.05) is 18.2 Å². The number of carbonyl (C=O) groups is 1. The van der Waals surface area contributed by atoms with E-state index in [-0.39, 0.29) is 24.5 Å². The summed E-state index contributed by atoms with van der Waals surface area (Å²) >= 11 is 8.17. The number of hydrogen-bond acceptors (Lipinski definition) is 4. The Morgan fingerprint density at radius 3 is 2.73 bits per heavy atom. The second kappa shape index (κ2) is 9.70. The van der Waals surface area contributed by atoms with E-state index >= 15 is 0 Å². The van der Waals surface area contributed by atoms with E-state index < -0.39 is 17.5 Å². The number of benzene rings is 2. The molecule has 2 aromatic carbocycles. The molecule has 2 aromatic rings. The van der Waals surface area contributed by atoms with Crippen LogP contribution < -0.4 is 10.8 Å². The van der Waals surface area contributed by atoms with Crippen LogP contribution in [0.1, 0.15) is 10.4 Å². The highest BCUT2D eigenvalue weighted by Crippen LogP contribution is 2.31. The van der Waals surface area contributed by atoms with Crippen molar-refractivity contribution < 1.29 is 23.1 Å². The number of carbonyl (C=O) groups excluding carboxylic acids is 1. The normalized spacial score (nSPS) is 10.3. The summed E-state index contributed by atoms with van der Waals surface area (Å²) in [6.07, 6.45) is 1.23. The Morgan fingerprint density at radius 1 is 1.27 bits per heavy atom. The van der Waals surface area contributed by atoms with Crippen molar-refractivity contribution in [2.45, 2.75) is 0 Å². The van der Waals surface area contributed by atoms with Gasteiger partial charge < -0.3 is 10.1 Å². The third kappa shape index (κ3) is 5.29. The van der Waals surface area contributed by atoms with Crippen molar-refractivity contribution in [3.05, 3.63) is 69.0 Å². The van der Waals surface area contributed by atoms with Crippen LogP contribution in [0, 0.1) is 15.2 Å². The van der Waals surface area contributed by atoms with Crippen LogP contribution in [-0.2, 0) is 9.57 Å². The molecule has 0 aliphatic heterocycles. The summed E-state index contributed by atoms with van der Waals surface area (Å²) in [6, 6.07) is 6.96. The first-order chi connectivity index (χ1) is 12.4. The summed E-state index contributed by atoms with van der Waals surface area (Å²) in [4.78, 5) is 17.2. The standard InChI is InChI=1S/C17H14ClF2IN2O3/c1-2-25-7-8-26-23-17(24)11-4-5-13(19)15(20)16(11)22-14-6-3-10(21)9-12(14)18/h2-6,9,22H,1,7-8H2,(H,23,24). The average molecular weight is 495 g/mol. The number of halogens is 4. The molecule has 26 heavy (non-hydrogen) atoms. The van der Waals surface area contributed by atoms with E-state index in [0.29, 0.717) is 10.7 Å². The minimum Gasteiger partial charge on any atom is -0.499 e. The fraction of sp³-hybridized carbons (Fsp3) is 0.118. The summed E-state index contributed by atoms with van der Waals surface area (Å²) in [5.41, 5.74) is 1.96. The van der Waals surface area contributed by atoms with Gasteiger partial charge in [0.15, 0.2) is 11.6 Å². The molecule has 138 valence electrons. The highest BCUT2D eigenvalue weighted by atomic mass is 127. The molecule has 5 nitrogen and oxygen atoms in total. The zero-order valence-corrected chi connectivity index (χ0v) is 16.2. The van der Waals surface area contributed by atoms with E-state index in [1.165, 1.54) is 6.26 Å². The molecule has 0 aromatic heterocycles. The van der Waals surface area contributed by atoms with E-state index in [1.54, 1.807) is 18.2 Å². The molecule has 2 rings (SSSR count). The van der Waals surface area contributed by atoms with Crippen molar-refractivity contribution in [3.63, 3.8) is 0 Å². The third-order valence-corrected chi connectivity index (χ3v) is 4.10. The molecular weight excluding hydrogens is 481 g/mol. The topological polar surface area (TPSA) is 59.6 Å². The van der Waals surface area contributed by atoms with Gasteiger partial charge in [0.05, 0.1) is 28.2 Å². The minimum absolute atomic E-state index is 0.0488. The van der Waals surface area contributed by atoms with Crippen LogP contribution in [-0.4, -0.2) is 19.1 Å². The molecule has 9 heteroatoms. The second-order valence-electron chi connectivity index (χ2n) is 4.85. The van der Waals surface area contributed by atoms with Crippen LogP contribution in [0.25, 0.3) is 0 Å². The van der Waals surface area contributed by atoms with Crippen LogP contribution in [0.15, 0.2) is 43.2 Å². The Hall–Kier alpha value is -1.91. The zero-order valence-electron chi connectivity index (χ0n) is 13.3. The Balaban J connectivity index is 2.23. The van der Waals surface area contributed by atoms with Crippen molar-refractivity contribution in [2.75, 3.05) is 18.5 Å². The molecule has 0 spiro atoms. The highest BCUT2D eigenvalue weighted by Gasteiger charge is 2.20. The zero-order chi connectivity index (χ0) is 19.1. The van der Waals surface area contributed by atoms with E-state index in [4.69, 9.17) is 21.2 Å². The quantitative estimate of drug-likeness (QED) is 0.240. The Kier molecular flexibility index (Phi) is 7.61. The van der Waals surface area contributed by atoms with Crippen LogP contribution in [0.4, 0.5) is 20.2 Å². The molecule has 0 unspecified atom stereocenters. The molecule has 0 aliphatic carbocycles. The van der Waals surface area contributed by atoms with Crippen molar-refractivity contribution in [3.8, 4) is 0 Å². The number of rotatable bonds is 8. The maximum absolute atomic E-state index is 14.3. The van der Waals surface area contributed by atoms with Gasteiger partial charge in [-0.15, -0.1) is 0 Å². The molecule has 0 atom stereocenters. The first kappa shape index (κ1) is 20.4. The fourth-order valence-corrected chi connectivity index (χ4v) is 2.84. The molecule has 0 saturated carbocycles. The lowest BCUT2D eigenvalue weighted by molar-refractivity contribution is 0.0145. The number of ether oxygens (including phenoxy) is 1. The number of hydrogen-bond donors (Lipinski definition) is 2. The van der Waals surface area contributed by atoms with E-state index in [1.807, 2.05) is 0 Å². The predicted molar refractivity (Wildman–Crippen MR) is 103 cm³/mol. The van der Waals surface area contributed by atoms with Gasteiger partial charge in [-0.25, -0.2) is 14.3 Å². The first-order valence-corrected chi connectivity index (χ1v) is 8.74. The largest absolute Gasteiger partial charge is 0.499 e. The fourth-order valence-electron chi connectivity index (χ4n) is 1.93. The smallest absolute Gasteiger partial charge is 0.277 e. The van der Waals surface area contributed by atoms with Crippen LogP contribution in [0.5, 0.6) is 0 Å². The van der Waals surface area contributed by atoms with Gasteiger partial charge in [0.25, 0.3) is 5.91 Å². The molecule has 2 N–H and O–H groups in total. The summed E-state index contributed by atoms with van der Waals surface area (Å²) in [6.45, 7) is 3.58. The summed E-state index contributed by atoms with van der Waals surface area (Å²) < 4.78 is 33.6. The Morgan fingerprint density at radius 2 is 2.04 bits per heavy atom. The Bertz CT molecular complexity index is 821. The van der Waals surface area contributed by atoms with Gasteiger partial charge in [0.2, 0.25) is 0 Å². The Labute approximate surface area is 167 Å². The first-order valence-electron chi connectivity index (χ1n) is 7.28. The number of nitrogens with one attached hydrogen (secondary N) is 2. The predicted octanol–water partition coefficient (Wildman–Crippen LogP) is 4.79. The number of anilines is 2. The molecule has 0 heterocycles. The molecule has 0 saturated heterocycles. The summed E-state index contributed by atoms with van der Waals surface area (Å²) in [7, 11) is 0. The lowest BCUT2D eigenvalue weighted by atomic mass is 10.1. The highest BCUT2D eigenvalue weighted by molar-refractivity contribution is 14.1. The molecule has 0 fully saturated rings. The maximum atomic E-state index is 14.3. The molecule has 0 bridgehead atoms. The van der Waals surface area contributed by atoms with Crippen LogP contribution >= 0.6 is 34.2 Å². The monoisotopic (exact) mass is 494 g/mol. The van der Waals surface area contributed by atoms with Gasteiger partial charge in [-0.3, -0.25) is 9.63 Å². The van der Waals surface area contributed by atoms with E-state index in [2.05, 4.69) is 40.0 Å². The van der Waals surface area contributed by atoms with Gasteiger partial charge in [0.1, 0.15) is 13.2 Å². The van der Waals surface area contributed by atoms with Gasteiger partial charge in [-0.2, -0.15) is 0 Å². The van der Waals surface area contributed by atoms with Crippen LogP contribution in [0.2, 0.25) is 5.02 Å². The van der Waals surface area contributed by atoms with Crippen LogP contribution in [0.3, 0.4) is 0 Å². The molecule has 0 radical (unpaired) electrons. The van der Waals surface area contributed by atoms with E-state index in [0.717, 1.165) is 15.7 Å². The van der Waals surface area contributed by atoms with Gasteiger partial charge >= 0.3 is 0 Å². The lowest BCUT2D eigenvalue weighted by Crippen LogP contribution is -2.26. The third-order valence-electron chi connectivity index (χ3n) is 3.12. The number of amides is 1. The second-order valence-corrected chi connectivity index (χ2v) is 6.50. The summed E-state index contributed by atoms with van der Waals surface area (Å²) in [5.74, 6) is -3.07.